The molecule has 1 aliphatic rings. The molecule has 1 saturated carbocycles. The highest BCUT2D eigenvalue weighted by Crippen LogP contribution is 2.49. The van der Waals surface area contributed by atoms with E-state index in [1.807, 2.05) is 69.8 Å². The van der Waals surface area contributed by atoms with Crippen LogP contribution in [0, 0.1) is 6.92 Å². The number of rotatable bonds is 8. The molecule has 1 aromatic carbocycles. The van der Waals surface area contributed by atoms with Crippen molar-refractivity contribution in [3.63, 3.8) is 0 Å². The van der Waals surface area contributed by atoms with Gasteiger partial charge in [0.1, 0.15) is 12.1 Å². The van der Waals surface area contributed by atoms with E-state index in [-0.39, 0.29) is 5.91 Å². The Morgan fingerprint density at radius 2 is 1.90 bits per heavy atom. The van der Waals surface area contributed by atoms with Gasteiger partial charge in [-0.15, -0.1) is 0 Å². The molecular formula is C24H35N4O3+. The maximum Gasteiger partial charge on any atom is 0.417 e. The van der Waals surface area contributed by atoms with Crippen LogP contribution in [-0.2, 0) is 28.5 Å². The van der Waals surface area contributed by atoms with Crippen LogP contribution < -0.4 is 5.32 Å². The monoisotopic (exact) mass is 427 g/mol. The molecule has 0 bridgehead atoms. The first kappa shape index (κ1) is 23.0. The first-order valence-corrected chi connectivity index (χ1v) is 11.0. The van der Waals surface area contributed by atoms with Crippen molar-refractivity contribution in [3.8, 4) is 0 Å². The van der Waals surface area contributed by atoms with Crippen molar-refractivity contribution in [2.24, 2.45) is 7.05 Å². The van der Waals surface area contributed by atoms with E-state index in [4.69, 9.17) is 4.74 Å². The second kappa shape index (κ2) is 9.22. The van der Waals surface area contributed by atoms with Crippen LogP contribution in [0.5, 0.6) is 0 Å². The number of quaternary nitrogens is 1. The number of aryl methyl sites for hydroxylation is 2. The zero-order chi connectivity index (χ0) is 22.6. The largest absolute Gasteiger partial charge is 0.443 e. The molecule has 1 fully saturated rings. The maximum atomic E-state index is 13.5. The Hall–Kier alpha value is -2.67. The number of aromatic nitrogens is 2. The molecule has 2 N–H and O–H groups in total. The minimum Gasteiger partial charge on any atom is -0.443 e. The molecule has 0 unspecified atom stereocenters. The zero-order valence-corrected chi connectivity index (χ0v) is 19.4. The molecule has 1 aromatic heterocycles. The predicted molar refractivity (Wildman–Crippen MR) is 118 cm³/mol. The quantitative estimate of drug-likeness (QED) is 0.657. The summed E-state index contributed by atoms with van der Waals surface area (Å²) in [7, 11) is 1.94. The molecule has 2 amide bonds. The third-order valence-corrected chi connectivity index (χ3v) is 5.59. The molecule has 168 valence electrons. The fraction of sp³-hybridized carbons (Fsp3) is 0.542. The summed E-state index contributed by atoms with van der Waals surface area (Å²) in [5, 5.41) is 6.54. The average Bonchev–Trinajstić information content (AvgIpc) is 3.44. The standard InChI is InChI=1S/C24H34N4O3/c1-18-16-20(27(5)26-18)17-25-14-9-15-28(22(30)31-23(2,3)4)21(29)24(12-13-24)19-10-7-6-8-11-19/h6-8,10-11,16,25H,9,12-15,17H2,1-5H3/p+1. The van der Waals surface area contributed by atoms with E-state index in [9.17, 15) is 9.59 Å². The lowest BCUT2D eigenvalue weighted by molar-refractivity contribution is -0.671. The Labute approximate surface area is 184 Å². The minimum absolute atomic E-state index is 0.143. The molecule has 0 spiro atoms. The van der Waals surface area contributed by atoms with Crippen molar-refractivity contribution in [1.82, 2.24) is 14.7 Å². The Morgan fingerprint density at radius 1 is 1.23 bits per heavy atom. The van der Waals surface area contributed by atoms with Gasteiger partial charge in [0.25, 0.3) is 0 Å². The fourth-order valence-corrected chi connectivity index (χ4v) is 3.86. The second-order valence-electron chi connectivity index (χ2n) is 9.42. The highest BCUT2D eigenvalue weighted by Gasteiger charge is 2.54. The van der Waals surface area contributed by atoms with Crippen LogP contribution in [0.25, 0.3) is 0 Å². The Morgan fingerprint density at radius 3 is 2.45 bits per heavy atom. The molecule has 0 radical (unpaired) electrons. The molecule has 1 heterocycles. The molecule has 0 aliphatic heterocycles. The summed E-state index contributed by atoms with van der Waals surface area (Å²) in [6, 6.07) is 11.8. The highest BCUT2D eigenvalue weighted by atomic mass is 16.6. The van der Waals surface area contributed by atoms with E-state index in [0.29, 0.717) is 13.0 Å². The maximum absolute atomic E-state index is 13.5. The summed E-state index contributed by atoms with van der Waals surface area (Å²) < 4.78 is 7.46. The van der Waals surface area contributed by atoms with Crippen LogP contribution in [0.3, 0.4) is 0 Å². The molecular weight excluding hydrogens is 392 g/mol. The van der Waals surface area contributed by atoms with Crippen molar-refractivity contribution in [2.75, 3.05) is 13.1 Å². The van der Waals surface area contributed by atoms with Crippen molar-refractivity contribution in [2.45, 2.75) is 64.5 Å². The minimum atomic E-state index is -0.650. The van der Waals surface area contributed by atoms with Gasteiger partial charge in [-0.25, -0.2) is 9.69 Å². The number of carbonyl (C=O) groups excluding carboxylic acids is 2. The summed E-state index contributed by atoms with van der Waals surface area (Å²) in [6.45, 7) is 9.41. The fourth-order valence-electron chi connectivity index (χ4n) is 3.86. The first-order valence-electron chi connectivity index (χ1n) is 11.0. The number of benzene rings is 1. The molecule has 0 saturated heterocycles. The molecule has 3 rings (SSSR count). The predicted octanol–water partition coefficient (Wildman–Crippen LogP) is 2.68. The van der Waals surface area contributed by atoms with E-state index < -0.39 is 17.1 Å². The van der Waals surface area contributed by atoms with Crippen molar-refractivity contribution < 1.29 is 19.6 Å². The molecule has 7 nitrogen and oxygen atoms in total. The molecule has 1 aliphatic carbocycles. The van der Waals surface area contributed by atoms with Crippen LogP contribution in [0.1, 0.15) is 57.0 Å². The number of nitrogens with zero attached hydrogens (tertiary/aromatic N) is 3. The zero-order valence-electron chi connectivity index (χ0n) is 19.4. The third kappa shape index (κ3) is 5.73. The Balaban J connectivity index is 1.63. The second-order valence-corrected chi connectivity index (χ2v) is 9.42. The van der Waals surface area contributed by atoms with E-state index in [2.05, 4.69) is 16.5 Å². The van der Waals surface area contributed by atoms with Crippen LogP contribution in [0.4, 0.5) is 4.79 Å². The lowest BCUT2D eigenvalue weighted by Crippen LogP contribution is -2.83. The van der Waals surface area contributed by atoms with Gasteiger partial charge in [-0.05, 0) is 52.2 Å². The number of amides is 2. The van der Waals surface area contributed by atoms with E-state index >= 15 is 0 Å². The van der Waals surface area contributed by atoms with Crippen LogP contribution in [0.2, 0.25) is 0 Å². The van der Waals surface area contributed by atoms with Crippen molar-refractivity contribution >= 4 is 12.0 Å². The molecule has 2 aromatic rings. The smallest absolute Gasteiger partial charge is 0.417 e. The van der Waals surface area contributed by atoms with E-state index in [0.717, 1.165) is 42.9 Å². The molecule has 31 heavy (non-hydrogen) atoms. The summed E-state index contributed by atoms with van der Waals surface area (Å²) in [6.07, 6.45) is 1.68. The number of ether oxygens (including phenoxy) is 1. The van der Waals surface area contributed by atoms with Gasteiger partial charge in [0, 0.05) is 20.0 Å². The van der Waals surface area contributed by atoms with E-state index in [1.54, 1.807) is 0 Å². The topological polar surface area (TPSA) is 81.0 Å². The molecule has 7 heteroatoms. The summed E-state index contributed by atoms with van der Waals surface area (Å²) in [5.41, 5.74) is 1.89. The number of carbonyl (C=O) groups is 2. The van der Waals surface area contributed by atoms with Gasteiger partial charge in [-0.3, -0.25) is 9.48 Å². The van der Waals surface area contributed by atoms with Crippen molar-refractivity contribution in [3.05, 3.63) is 53.3 Å². The van der Waals surface area contributed by atoms with Crippen LogP contribution in [0.15, 0.2) is 36.4 Å². The van der Waals surface area contributed by atoms with Gasteiger partial charge >= 0.3 is 6.09 Å². The van der Waals surface area contributed by atoms with Gasteiger partial charge in [0.15, 0.2) is 0 Å². The lowest BCUT2D eigenvalue weighted by Gasteiger charge is -2.29. The van der Waals surface area contributed by atoms with Gasteiger partial charge in [0.2, 0.25) is 5.91 Å². The van der Waals surface area contributed by atoms with Gasteiger partial charge in [-0.2, -0.15) is 5.10 Å². The normalized spacial score (nSPS) is 14.9. The Kier molecular flexibility index (Phi) is 6.84. The summed E-state index contributed by atoms with van der Waals surface area (Å²) >= 11 is 0. The summed E-state index contributed by atoms with van der Waals surface area (Å²) in [5.74, 6) is -0.143. The van der Waals surface area contributed by atoms with E-state index in [1.165, 1.54) is 4.90 Å². The number of hydrogen-bond donors (Lipinski definition) is 1. The average molecular weight is 428 g/mol. The number of hydrogen-bond acceptors (Lipinski definition) is 4. The SMILES string of the molecule is Cc1cc(C[NH2+]CCCN(C(=O)OC(C)(C)C)C(=O)C2(c3ccccc3)CC2)n(C)n1. The Bertz CT molecular complexity index is 911. The van der Waals surface area contributed by atoms with Gasteiger partial charge in [-0.1, -0.05) is 30.3 Å². The van der Waals surface area contributed by atoms with Crippen LogP contribution in [-0.4, -0.2) is 45.4 Å². The summed E-state index contributed by atoms with van der Waals surface area (Å²) in [4.78, 5) is 27.7. The molecule has 0 atom stereocenters. The van der Waals surface area contributed by atoms with Crippen molar-refractivity contribution in [1.29, 1.82) is 0 Å². The number of imide groups is 1. The van der Waals surface area contributed by atoms with Gasteiger partial charge in [0.05, 0.1) is 23.3 Å². The lowest BCUT2D eigenvalue weighted by atomic mass is 9.94. The van der Waals surface area contributed by atoms with Gasteiger partial charge < -0.3 is 10.1 Å². The van der Waals surface area contributed by atoms with Crippen LogP contribution >= 0.6 is 0 Å². The highest BCUT2D eigenvalue weighted by molar-refractivity contribution is 6.00. The number of nitrogens with two attached hydrogens (primary N) is 1. The first-order chi connectivity index (χ1) is 14.6. The third-order valence-electron chi connectivity index (χ3n) is 5.59.